The van der Waals surface area contributed by atoms with Crippen molar-refractivity contribution in [1.29, 1.82) is 0 Å². The van der Waals surface area contributed by atoms with Gasteiger partial charge in [0.1, 0.15) is 11.5 Å². The molecule has 4 heteroatoms. The zero-order valence-corrected chi connectivity index (χ0v) is 10.8. The molecule has 0 aliphatic carbocycles. The molecule has 0 saturated heterocycles. The van der Waals surface area contributed by atoms with Crippen molar-refractivity contribution >= 4 is 11.5 Å². The molecule has 0 radical (unpaired) electrons. The summed E-state index contributed by atoms with van der Waals surface area (Å²) in [6.07, 6.45) is 0. The molecule has 19 heavy (non-hydrogen) atoms. The molecule has 2 rings (SSSR count). The second-order valence-corrected chi connectivity index (χ2v) is 4.02. The first-order valence-corrected chi connectivity index (χ1v) is 5.78. The van der Waals surface area contributed by atoms with Gasteiger partial charge in [-0.05, 0) is 36.4 Å². The van der Waals surface area contributed by atoms with Gasteiger partial charge in [0.05, 0.1) is 19.8 Å². The minimum Gasteiger partial charge on any atom is -0.497 e. The summed E-state index contributed by atoms with van der Waals surface area (Å²) < 4.78 is 10.3. The summed E-state index contributed by atoms with van der Waals surface area (Å²) >= 11 is 0. The lowest BCUT2D eigenvalue weighted by atomic mass is 10.0. The average molecular weight is 257 g/mol. The van der Waals surface area contributed by atoms with E-state index in [2.05, 4.69) is 0 Å². The van der Waals surface area contributed by atoms with Crippen LogP contribution in [0.5, 0.6) is 11.5 Å². The first kappa shape index (κ1) is 13.0. The Morgan fingerprint density at radius 2 is 1.68 bits per heavy atom. The molecule has 0 unspecified atom stereocenters. The molecule has 0 saturated carbocycles. The summed E-state index contributed by atoms with van der Waals surface area (Å²) in [4.78, 5) is 12.4. The molecule has 98 valence electrons. The molecular weight excluding hydrogens is 242 g/mol. The highest BCUT2D eigenvalue weighted by Gasteiger charge is 2.15. The van der Waals surface area contributed by atoms with E-state index in [4.69, 9.17) is 15.2 Å². The van der Waals surface area contributed by atoms with Crippen molar-refractivity contribution in [3.8, 4) is 11.5 Å². The minimum absolute atomic E-state index is 0.112. The maximum Gasteiger partial charge on any atom is 0.196 e. The van der Waals surface area contributed by atoms with E-state index in [-0.39, 0.29) is 5.78 Å². The zero-order chi connectivity index (χ0) is 13.8. The van der Waals surface area contributed by atoms with E-state index < -0.39 is 0 Å². The van der Waals surface area contributed by atoms with Crippen LogP contribution in [-0.2, 0) is 0 Å². The fraction of sp³-hybridized carbons (Fsp3) is 0.133. The van der Waals surface area contributed by atoms with Crippen LogP contribution in [0.1, 0.15) is 15.9 Å². The number of carbonyl (C=O) groups excluding carboxylic acids is 1. The highest BCUT2D eigenvalue weighted by Crippen LogP contribution is 2.26. The van der Waals surface area contributed by atoms with Crippen LogP contribution >= 0.6 is 0 Å². The third-order valence-electron chi connectivity index (χ3n) is 2.83. The largest absolute Gasteiger partial charge is 0.497 e. The van der Waals surface area contributed by atoms with Gasteiger partial charge in [0.2, 0.25) is 0 Å². The topological polar surface area (TPSA) is 61.5 Å². The van der Waals surface area contributed by atoms with Gasteiger partial charge in [0.25, 0.3) is 0 Å². The highest BCUT2D eigenvalue weighted by molar-refractivity contribution is 6.10. The SMILES string of the molecule is COc1ccc(C(=O)c2ccc(N)cc2)c(OC)c1. The Hall–Kier alpha value is -2.49. The van der Waals surface area contributed by atoms with E-state index in [1.54, 1.807) is 49.6 Å². The second kappa shape index (κ2) is 5.44. The fourth-order valence-electron chi connectivity index (χ4n) is 1.78. The maximum absolute atomic E-state index is 12.4. The van der Waals surface area contributed by atoms with E-state index >= 15 is 0 Å². The number of nitrogen functional groups attached to an aromatic ring is 1. The quantitative estimate of drug-likeness (QED) is 0.675. The number of anilines is 1. The number of hydrogen-bond donors (Lipinski definition) is 1. The van der Waals surface area contributed by atoms with E-state index in [1.807, 2.05) is 0 Å². The number of hydrogen-bond acceptors (Lipinski definition) is 4. The predicted molar refractivity (Wildman–Crippen MR) is 73.8 cm³/mol. The number of benzene rings is 2. The zero-order valence-electron chi connectivity index (χ0n) is 10.8. The summed E-state index contributed by atoms with van der Waals surface area (Å²) in [5.41, 5.74) is 7.29. The molecule has 0 aliphatic heterocycles. The number of ketones is 1. The Bertz CT molecular complexity index is 591. The number of carbonyl (C=O) groups is 1. The van der Waals surface area contributed by atoms with Crippen molar-refractivity contribution in [2.24, 2.45) is 0 Å². The van der Waals surface area contributed by atoms with Crippen LogP contribution in [-0.4, -0.2) is 20.0 Å². The van der Waals surface area contributed by atoms with Crippen molar-refractivity contribution in [2.75, 3.05) is 20.0 Å². The standard InChI is InChI=1S/C15H15NO3/c1-18-12-7-8-13(14(9-12)19-2)15(17)10-3-5-11(16)6-4-10/h3-9H,16H2,1-2H3. The lowest BCUT2D eigenvalue weighted by Crippen LogP contribution is -2.04. The molecule has 0 aromatic heterocycles. The van der Waals surface area contributed by atoms with E-state index in [0.717, 1.165) is 0 Å². The summed E-state index contributed by atoms with van der Waals surface area (Å²) in [6, 6.07) is 11.9. The lowest BCUT2D eigenvalue weighted by Gasteiger charge is -2.09. The van der Waals surface area contributed by atoms with Gasteiger partial charge in [-0.3, -0.25) is 4.79 Å². The molecule has 0 aliphatic rings. The first-order valence-electron chi connectivity index (χ1n) is 5.78. The van der Waals surface area contributed by atoms with Crippen molar-refractivity contribution in [3.63, 3.8) is 0 Å². The molecule has 0 fully saturated rings. The molecular formula is C15H15NO3. The highest BCUT2D eigenvalue weighted by atomic mass is 16.5. The van der Waals surface area contributed by atoms with E-state index in [9.17, 15) is 4.79 Å². The second-order valence-electron chi connectivity index (χ2n) is 4.02. The molecule has 0 amide bonds. The predicted octanol–water partition coefficient (Wildman–Crippen LogP) is 2.52. The van der Waals surface area contributed by atoms with E-state index in [1.165, 1.54) is 7.11 Å². The van der Waals surface area contributed by atoms with Gasteiger partial charge in [-0.1, -0.05) is 0 Å². The van der Waals surface area contributed by atoms with Gasteiger partial charge < -0.3 is 15.2 Å². The van der Waals surface area contributed by atoms with Crippen molar-refractivity contribution in [2.45, 2.75) is 0 Å². The molecule has 4 nitrogen and oxygen atoms in total. The molecule has 0 heterocycles. The van der Waals surface area contributed by atoms with Crippen LogP contribution in [0.3, 0.4) is 0 Å². The van der Waals surface area contributed by atoms with Crippen molar-refractivity contribution < 1.29 is 14.3 Å². The summed E-state index contributed by atoms with van der Waals surface area (Å²) in [7, 11) is 3.09. The number of rotatable bonds is 4. The number of nitrogens with two attached hydrogens (primary N) is 1. The van der Waals surface area contributed by atoms with Crippen LogP contribution in [0.4, 0.5) is 5.69 Å². The van der Waals surface area contributed by atoms with Crippen molar-refractivity contribution in [3.05, 3.63) is 53.6 Å². The number of ether oxygens (including phenoxy) is 2. The van der Waals surface area contributed by atoms with Gasteiger partial charge in [-0.2, -0.15) is 0 Å². The van der Waals surface area contributed by atoms with Crippen LogP contribution in [0, 0.1) is 0 Å². The normalized spacial score (nSPS) is 10.0. The van der Waals surface area contributed by atoms with Gasteiger partial charge in [-0.25, -0.2) is 0 Å². The summed E-state index contributed by atoms with van der Waals surface area (Å²) in [5.74, 6) is 1.02. The fourth-order valence-corrected chi connectivity index (χ4v) is 1.78. The Morgan fingerprint density at radius 1 is 1.00 bits per heavy atom. The van der Waals surface area contributed by atoms with Crippen molar-refractivity contribution in [1.82, 2.24) is 0 Å². The third kappa shape index (κ3) is 2.68. The average Bonchev–Trinajstić information content (AvgIpc) is 2.46. The number of methoxy groups -OCH3 is 2. The Kier molecular flexibility index (Phi) is 3.71. The smallest absolute Gasteiger partial charge is 0.196 e. The lowest BCUT2D eigenvalue weighted by molar-refractivity contribution is 0.103. The molecule has 2 aromatic rings. The monoisotopic (exact) mass is 257 g/mol. The third-order valence-corrected chi connectivity index (χ3v) is 2.83. The molecule has 0 bridgehead atoms. The van der Waals surface area contributed by atoms with Crippen LogP contribution in [0.15, 0.2) is 42.5 Å². The molecule has 0 atom stereocenters. The molecule has 2 aromatic carbocycles. The van der Waals surface area contributed by atoms with Gasteiger partial charge in [-0.15, -0.1) is 0 Å². The van der Waals surface area contributed by atoms with Gasteiger partial charge in [0, 0.05) is 17.3 Å². The first-order chi connectivity index (χ1) is 9.15. The maximum atomic E-state index is 12.4. The van der Waals surface area contributed by atoms with Gasteiger partial charge in [0.15, 0.2) is 5.78 Å². The molecule has 0 spiro atoms. The Balaban J connectivity index is 2.40. The molecule has 2 N–H and O–H groups in total. The Morgan fingerprint density at radius 3 is 2.26 bits per heavy atom. The summed E-state index contributed by atoms with van der Waals surface area (Å²) in [5, 5.41) is 0. The Labute approximate surface area is 111 Å². The minimum atomic E-state index is -0.112. The van der Waals surface area contributed by atoms with Crippen LogP contribution < -0.4 is 15.2 Å². The van der Waals surface area contributed by atoms with E-state index in [0.29, 0.717) is 28.3 Å². The van der Waals surface area contributed by atoms with Crippen LogP contribution in [0.25, 0.3) is 0 Å². The van der Waals surface area contributed by atoms with Gasteiger partial charge >= 0.3 is 0 Å². The summed E-state index contributed by atoms with van der Waals surface area (Å²) in [6.45, 7) is 0. The van der Waals surface area contributed by atoms with Crippen LogP contribution in [0.2, 0.25) is 0 Å².